The van der Waals surface area contributed by atoms with Crippen LogP contribution in [0.5, 0.6) is 0 Å². The number of hydrogen-bond acceptors (Lipinski definition) is 0. The van der Waals surface area contributed by atoms with Crippen molar-refractivity contribution in [1.29, 1.82) is 0 Å². The first-order chi connectivity index (χ1) is 1.41. The van der Waals surface area contributed by atoms with Gasteiger partial charge in [-0.2, -0.15) is 5.34 Å². The molecule has 0 aromatic carbocycles. The summed E-state index contributed by atoms with van der Waals surface area (Å²) in [5.41, 5.74) is 0. The van der Waals surface area contributed by atoms with Crippen molar-refractivity contribution >= 4 is 23.2 Å². The van der Waals surface area contributed by atoms with Crippen LogP contribution in [0.15, 0.2) is 0 Å². The number of hydrogen-bond donors (Lipinski definition) is 0. The average Bonchev–Trinajstić information content (AvgIpc) is 0.918. The Bertz CT molecular complexity index is 6.00. The predicted octanol–water partition coefficient (Wildman–Crippen LogP) is 1.58. The molecule has 0 nitrogen and oxygen atoms in total. The summed E-state index contributed by atoms with van der Waals surface area (Å²) in [6.07, 6.45) is 0. The molecule has 0 fully saturated rings. The second kappa shape index (κ2) is 8.88. The molecule has 0 rings (SSSR count). The van der Waals surface area contributed by atoms with Gasteiger partial charge in [0, 0.05) is 41.7 Å². The summed E-state index contributed by atoms with van der Waals surface area (Å²) in [4.78, 5) is 0. The Morgan fingerprint density at radius 3 is 1.25 bits per heavy atom. The van der Waals surface area contributed by atoms with Crippen LogP contribution in [-0.2, 0) is 0 Å². The molecule has 0 amide bonds. The van der Waals surface area contributed by atoms with Gasteiger partial charge in [-0.1, -0.05) is 0 Å². The summed E-state index contributed by atoms with van der Waals surface area (Å²) in [6, 6.07) is 0. The fraction of sp³-hybridized carbons (Fsp3) is 0. The molecular formula is CHCeCl2-. The Morgan fingerprint density at radius 2 is 1.25 bits per heavy atom. The van der Waals surface area contributed by atoms with Crippen LogP contribution in [-0.4, -0.2) is 0 Å². The van der Waals surface area contributed by atoms with Gasteiger partial charge in [-0.05, 0) is 0 Å². The maximum atomic E-state index is 4.64. The maximum absolute atomic E-state index is 4.64. The Morgan fingerprint density at radius 1 is 1.25 bits per heavy atom. The van der Waals surface area contributed by atoms with Crippen LogP contribution < -0.4 is 0 Å². The Balaban J connectivity index is 0. The molecule has 0 saturated carbocycles. The van der Waals surface area contributed by atoms with E-state index in [0.29, 0.717) is 0 Å². The summed E-state index contributed by atoms with van der Waals surface area (Å²) in [5.74, 6) is 0. The first-order valence-corrected chi connectivity index (χ1v) is 1.31. The minimum Gasteiger partial charge on any atom is -0.333 e. The molecule has 0 unspecified atom stereocenters. The third kappa shape index (κ3) is 9.03. The van der Waals surface area contributed by atoms with Gasteiger partial charge in [0.15, 0.2) is 0 Å². The van der Waals surface area contributed by atoms with Gasteiger partial charge in [0.25, 0.3) is 0 Å². The van der Waals surface area contributed by atoms with Gasteiger partial charge < -0.3 is 23.2 Å². The summed E-state index contributed by atoms with van der Waals surface area (Å²) in [7, 11) is 0. The van der Waals surface area contributed by atoms with Gasteiger partial charge in [-0.3, -0.25) is 0 Å². The largest absolute Gasteiger partial charge is 0.333 e. The summed E-state index contributed by atoms with van der Waals surface area (Å²) < 4.78 is 0. The molecular weight excluding hydrogens is 223 g/mol. The topological polar surface area (TPSA) is 0 Å². The third-order valence-electron chi connectivity index (χ3n) is 0. The normalized spacial score (nSPS) is 4.50. The molecule has 24 valence electrons. The second-order valence-electron chi connectivity index (χ2n) is 0.0825. The predicted molar refractivity (Wildman–Crippen MR) is 16.0 cm³/mol. The molecule has 0 aliphatic heterocycles. The summed E-state index contributed by atoms with van der Waals surface area (Å²) in [6.45, 7) is 0. The maximum Gasteiger partial charge on any atom is 0 e. The number of halogens is 2. The van der Waals surface area contributed by atoms with Crippen LogP contribution in [0.3, 0.4) is 0 Å². The molecule has 0 saturated heterocycles. The SMILES string of the molecule is Cl[CH-]Cl.[Ce]. The van der Waals surface area contributed by atoms with Crippen molar-refractivity contribution in [3.63, 3.8) is 0 Å². The molecule has 0 aromatic heterocycles. The quantitative estimate of drug-likeness (QED) is 0.548. The minimum atomic E-state index is 0. The van der Waals surface area contributed by atoms with Crippen molar-refractivity contribution in [3.05, 3.63) is 5.34 Å². The van der Waals surface area contributed by atoms with E-state index in [4.69, 9.17) is 0 Å². The van der Waals surface area contributed by atoms with E-state index in [1.165, 1.54) is 0 Å². The van der Waals surface area contributed by atoms with Crippen molar-refractivity contribution in [1.82, 2.24) is 0 Å². The first-order valence-electron chi connectivity index (χ1n) is 0.436. The average molecular weight is 224 g/mol. The van der Waals surface area contributed by atoms with E-state index in [0.717, 1.165) is 5.34 Å². The van der Waals surface area contributed by atoms with Crippen LogP contribution >= 0.6 is 23.2 Å². The number of rotatable bonds is 0. The van der Waals surface area contributed by atoms with Gasteiger partial charge >= 0.3 is 0 Å². The van der Waals surface area contributed by atoms with Gasteiger partial charge in [0.2, 0.25) is 0 Å². The molecule has 0 N–H and O–H groups in total. The molecule has 0 aliphatic carbocycles. The van der Waals surface area contributed by atoms with Crippen molar-refractivity contribution in [2.24, 2.45) is 0 Å². The van der Waals surface area contributed by atoms with Crippen LogP contribution in [0.2, 0.25) is 0 Å². The molecule has 0 radical (unpaired) electrons. The molecule has 0 bridgehead atoms. The van der Waals surface area contributed by atoms with Crippen LogP contribution in [0.25, 0.3) is 0 Å². The van der Waals surface area contributed by atoms with Crippen LogP contribution in [0.4, 0.5) is 0 Å². The van der Waals surface area contributed by atoms with Crippen molar-refractivity contribution in [3.8, 4) is 0 Å². The van der Waals surface area contributed by atoms with Crippen LogP contribution in [0.1, 0.15) is 0 Å². The monoisotopic (exact) mass is 223 g/mol. The van der Waals surface area contributed by atoms with Gasteiger partial charge in [0.1, 0.15) is 0 Å². The van der Waals surface area contributed by atoms with E-state index >= 15 is 0 Å². The van der Waals surface area contributed by atoms with E-state index in [-0.39, 0.29) is 41.7 Å². The summed E-state index contributed by atoms with van der Waals surface area (Å²) in [5, 5.41) is 0.944. The molecule has 0 atom stereocenters. The fourth-order valence-electron chi connectivity index (χ4n) is 0. The molecule has 0 aliphatic rings. The summed E-state index contributed by atoms with van der Waals surface area (Å²) >= 11 is 9.28. The Kier molecular flexibility index (Phi) is 20.7. The van der Waals surface area contributed by atoms with Gasteiger partial charge in [-0.15, -0.1) is 0 Å². The van der Waals surface area contributed by atoms with Crippen molar-refractivity contribution < 1.29 is 41.7 Å². The van der Waals surface area contributed by atoms with E-state index in [9.17, 15) is 0 Å². The first kappa shape index (κ1) is 9.35. The van der Waals surface area contributed by atoms with Crippen molar-refractivity contribution in [2.75, 3.05) is 0 Å². The van der Waals surface area contributed by atoms with E-state index in [1.807, 2.05) is 0 Å². The second-order valence-corrected chi connectivity index (χ2v) is 0.742. The van der Waals surface area contributed by atoms with E-state index in [2.05, 4.69) is 23.2 Å². The standard InChI is InChI=1S/CHCl2.Ce/c2-1-3;/h1H;/q-1;. The van der Waals surface area contributed by atoms with Gasteiger partial charge in [0.05, 0.1) is 0 Å². The molecule has 0 aromatic rings. The zero-order valence-electron chi connectivity index (χ0n) is 1.83. The fourth-order valence-corrected chi connectivity index (χ4v) is 0. The van der Waals surface area contributed by atoms with Crippen LogP contribution in [0, 0.1) is 47.1 Å². The minimum absolute atomic E-state index is 0. The van der Waals surface area contributed by atoms with E-state index < -0.39 is 0 Å². The Hall–Kier alpha value is 1.96. The zero-order valence-corrected chi connectivity index (χ0v) is 6.49. The third-order valence-corrected chi connectivity index (χ3v) is 0. The van der Waals surface area contributed by atoms with Crippen molar-refractivity contribution in [2.45, 2.75) is 0 Å². The van der Waals surface area contributed by atoms with E-state index in [1.54, 1.807) is 0 Å². The molecule has 0 spiro atoms. The zero-order chi connectivity index (χ0) is 2.71. The molecule has 4 heavy (non-hydrogen) atoms. The molecule has 0 heterocycles. The Labute approximate surface area is 69.2 Å². The van der Waals surface area contributed by atoms with Gasteiger partial charge in [-0.25, -0.2) is 0 Å². The smallest absolute Gasteiger partial charge is 0 e. The molecule has 3 heteroatoms.